The van der Waals surface area contributed by atoms with Crippen molar-refractivity contribution in [2.24, 2.45) is 0 Å². The average molecular weight is 516 g/mol. The lowest BCUT2D eigenvalue weighted by Crippen LogP contribution is -2.41. The number of morpholine rings is 1. The van der Waals surface area contributed by atoms with E-state index in [4.69, 9.17) is 14.6 Å². The van der Waals surface area contributed by atoms with Gasteiger partial charge < -0.3 is 14.4 Å². The third-order valence-corrected chi connectivity index (χ3v) is 8.30. The largest absolute Gasteiger partial charge is 0.489 e. The first-order chi connectivity index (χ1) is 18.0. The van der Waals surface area contributed by atoms with Crippen LogP contribution in [0.15, 0.2) is 83.8 Å². The van der Waals surface area contributed by atoms with Gasteiger partial charge in [0.05, 0.1) is 35.2 Å². The molecular formula is C28H25N3O5S. The highest BCUT2D eigenvalue weighted by molar-refractivity contribution is 7.90. The Hall–Kier alpha value is -3.95. The number of amides is 1. The van der Waals surface area contributed by atoms with Crippen LogP contribution in [0.25, 0.3) is 16.9 Å². The van der Waals surface area contributed by atoms with Crippen LogP contribution in [-0.2, 0) is 26.9 Å². The lowest BCUT2D eigenvalue weighted by atomic mass is 10.0. The summed E-state index contributed by atoms with van der Waals surface area (Å²) in [6.45, 7) is 2.16. The van der Waals surface area contributed by atoms with E-state index < -0.39 is 9.84 Å². The number of sulfone groups is 1. The van der Waals surface area contributed by atoms with E-state index in [1.165, 1.54) is 0 Å². The molecule has 3 heterocycles. The van der Waals surface area contributed by atoms with E-state index in [1.807, 2.05) is 54.6 Å². The Balaban J connectivity index is 1.45. The number of ether oxygens (including phenoxy) is 2. The van der Waals surface area contributed by atoms with Gasteiger partial charge in [-0.25, -0.2) is 13.1 Å². The van der Waals surface area contributed by atoms with Gasteiger partial charge in [0.15, 0.2) is 15.5 Å². The maximum Gasteiger partial charge on any atom is 0.274 e. The molecule has 0 spiro atoms. The number of hydrogen-bond acceptors (Lipinski definition) is 6. The molecule has 0 atom stereocenters. The summed E-state index contributed by atoms with van der Waals surface area (Å²) in [7, 11) is -3.63. The van der Waals surface area contributed by atoms with Crippen LogP contribution in [0.3, 0.4) is 0 Å². The van der Waals surface area contributed by atoms with Crippen molar-refractivity contribution in [3.05, 3.63) is 95.7 Å². The molecule has 6 rings (SSSR count). The van der Waals surface area contributed by atoms with Gasteiger partial charge in [-0.1, -0.05) is 54.6 Å². The number of aromatic nitrogens is 2. The van der Waals surface area contributed by atoms with E-state index in [-0.39, 0.29) is 22.2 Å². The molecule has 1 saturated heterocycles. The molecule has 8 nitrogen and oxygen atoms in total. The molecule has 1 amide bonds. The van der Waals surface area contributed by atoms with Gasteiger partial charge in [0.2, 0.25) is 0 Å². The summed E-state index contributed by atoms with van der Waals surface area (Å²) in [6, 6.07) is 24.2. The Labute approximate surface area is 215 Å². The van der Waals surface area contributed by atoms with Crippen LogP contribution in [-0.4, -0.2) is 55.3 Å². The fraction of sp³-hybridized carbons (Fsp3) is 0.214. The molecule has 1 fully saturated rings. The van der Waals surface area contributed by atoms with E-state index in [1.54, 1.807) is 33.8 Å². The quantitative estimate of drug-likeness (QED) is 0.401. The van der Waals surface area contributed by atoms with Gasteiger partial charge in [0.1, 0.15) is 12.4 Å². The fourth-order valence-corrected chi connectivity index (χ4v) is 6.38. The van der Waals surface area contributed by atoms with Crippen molar-refractivity contribution in [1.82, 2.24) is 14.7 Å². The van der Waals surface area contributed by atoms with Crippen LogP contribution < -0.4 is 4.74 Å². The first-order valence-electron chi connectivity index (χ1n) is 12.1. The summed E-state index contributed by atoms with van der Waals surface area (Å²) in [5.41, 5.74) is 3.45. The fourth-order valence-electron chi connectivity index (χ4n) is 4.79. The maximum atomic E-state index is 13.5. The summed E-state index contributed by atoms with van der Waals surface area (Å²) in [5, 5.41) is 4.73. The number of rotatable bonds is 5. The highest BCUT2D eigenvalue weighted by atomic mass is 32.2. The third-order valence-electron chi connectivity index (χ3n) is 6.61. The number of hydrogen-bond donors (Lipinski definition) is 0. The smallest absolute Gasteiger partial charge is 0.274 e. The van der Waals surface area contributed by atoms with Crippen LogP contribution in [0.5, 0.6) is 5.75 Å². The Morgan fingerprint density at radius 2 is 1.70 bits per heavy atom. The Morgan fingerprint density at radius 3 is 2.51 bits per heavy atom. The molecule has 1 aromatic heterocycles. The second-order valence-electron chi connectivity index (χ2n) is 9.02. The second kappa shape index (κ2) is 9.49. The minimum atomic E-state index is -3.63. The van der Waals surface area contributed by atoms with Gasteiger partial charge in [-0.05, 0) is 23.8 Å². The van der Waals surface area contributed by atoms with Gasteiger partial charge in [-0.3, -0.25) is 4.79 Å². The van der Waals surface area contributed by atoms with E-state index in [9.17, 15) is 13.2 Å². The Morgan fingerprint density at radius 1 is 0.946 bits per heavy atom. The minimum Gasteiger partial charge on any atom is -0.489 e. The van der Waals surface area contributed by atoms with Crippen LogP contribution in [0.2, 0.25) is 0 Å². The first-order valence-corrected chi connectivity index (χ1v) is 13.7. The monoisotopic (exact) mass is 515 g/mol. The van der Waals surface area contributed by atoms with Gasteiger partial charge in [-0.2, -0.15) is 5.10 Å². The van der Waals surface area contributed by atoms with Gasteiger partial charge in [0, 0.05) is 30.3 Å². The third kappa shape index (κ3) is 4.41. The number of fused-ring (bicyclic) bond motifs is 3. The second-order valence-corrected chi connectivity index (χ2v) is 11.0. The molecule has 37 heavy (non-hydrogen) atoms. The van der Waals surface area contributed by atoms with Crippen LogP contribution in [0.1, 0.15) is 21.6 Å². The zero-order valence-corrected chi connectivity index (χ0v) is 20.9. The molecule has 2 aliphatic rings. The van der Waals surface area contributed by atoms with Crippen LogP contribution in [0, 0.1) is 0 Å². The number of benzene rings is 3. The molecule has 0 N–H and O–H groups in total. The minimum absolute atomic E-state index is 0.158. The molecule has 188 valence electrons. The van der Waals surface area contributed by atoms with E-state index >= 15 is 0 Å². The van der Waals surface area contributed by atoms with E-state index in [2.05, 4.69) is 0 Å². The predicted molar refractivity (Wildman–Crippen MR) is 137 cm³/mol. The molecule has 9 heteroatoms. The molecule has 4 aromatic rings. The van der Waals surface area contributed by atoms with Crippen molar-refractivity contribution in [3.8, 4) is 22.7 Å². The molecule has 0 aliphatic carbocycles. The molecule has 0 saturated carbocycles. The summed E-state index contributed by atoms with van der Waals surface area (Å²) in [5.74, 6) is 0.0716. The van der Waals surface area contributed by atoms with Crippen molar-refractivity contribution in [3.63, 3.8) is 0 Å². The van der Waals surface area contributed by atoms with Crippen molar-refractivity contribution in [2.75, 3.05) is 26.3 Å². The van der Waals surface area contributed by atoms with Crippen molar-refractivity contribution in [1.29, 1.82) is 0 Å². The molecule has 2 aliphatic heterocycles. The van der Waals surface area contributed by atoms with Crippen molar-refractivity contribution < 1.29 is 22.7 Å². The van der Waals surface area contributed by atoms with Gasteiger partial charge in [-0.15, -0.1) is 0 Å². The first kappa shape index (κ1) is 23.4. The zero-order valence-electron chi connectivity index (χ0n) is 20.0. The molecular weight excluding hydrogens is 490 g/mol. The summed E-state index contributed by atoms with van der Waals surface area (Å²) >= 11 is 0. The van der Waals surface area contributed by atoms with Crippen molar-refractivity contribution >= 4 is 15.7 Å². The molecule has 0 radical (unpaired) electrons. The van der Waals surface area contributed by atoms with E-state index in [0.29, 0.717) is 61.2 Å². The van der Waals surface area contributed by atoms with Crippen molar-refractivity contribution in [2.45, 2.75) is 17.3 Å². The standard InChI is InChI=1S/C28H25N3O5S/c32-28(30-13-15-35-16-14-30)26-24-19-37(33,34)25-12-5-4-11-23(25)27(24)31(29-26)21-9-6-10-22(17-21)36-18-20-7-2-1-3-8-20/h1-12,17H,13-16,18-19H2. The summed E-state index contributed by atoms with van der Waals surface area (Å²) in [6.07, 6.45) is 0. The van der Waals surface area contributed by atoms with Crippen LogP contribution in [0.4, 0.5) is 0 Å². The Bertz CT molecular complexity index is 1570. The highest BCUT2D eigenvalue weighted by Gasteiger charge is 2.37. The zero-order chi connectivity index (χ0) is 25.4. The summed E-state index contributed by atoms with van der Waals surface area (Å²) < 4.78 is 39.5. The lowest BCUT2D eigenvalue weighted by molar-refractivity contribution is 0.0298. The van der Waals surface area contributed by atoms with Gasteiger partial charge in [0.25, 0.3) is 5.91 Å². The lowest BCUT2D eigenvalue weighted by Gasteiger charge is -2.26. The maximum absolute atomic E-state index is 13.5. The predicted octanol–water partition coefficient (Wildman–Crippen LogP) is 3.88. The SMILES string of the molecule is O=C(c1nn(-c2cccc(OCc3ccccc3)c2)c2c1CS(=O)(=O)c1ccccc1-2)N1CCOCC1. The normalized spacial score (nSPS) is 16.1. The number of nitrogens with zero attached hydrogens (tertiary/aromatic N) is 3. The highest BCUT2D eigenvalue weighted by Crippen LogP contribution is 2.41. The molecule has 0 unspecified atom stereocenters. The Kier molecular flexibility index (Phi) is 6.02. The number of carbonyl (C=O) groups excluding carboxylic acids is 1. The average Bonchev–Trinajstić information content (AvgIpc) is 3.31. The van der Waals surface area contributed by atoms with E-state index in [0.717, 1.165) is 5.56 Å². The van der Waals surface area contributed by atoms with Crippen LogP contribution >= 0.6 is 0 Å². The number of carbonyl (C=O) groups is 1. The molecule has 3 aromatic carbocycles. The molecule has 0 bridgehead atoms. The summed E-state index contributed by atoms with van der Waals surface area (Å²) in [4.78, 5) is 15.5. The topological polar surface area (TPSA) is 90.7 Å². The van der Waals surface area contributed by atoms with Gasteiger partial charge >= 0.3 is 0 Å².